The molecule has 0 fully saturated rings. The molecule has 0 unspecified atom stereocenters. The predicted octanol–water partition coefficient (Wildman–Crippen LogP) is 3.29. The Morgan fingerprint density at radius 1 is 1.28 bits per heavy atom. The van der Waals surface area contributed by atoms with Gasteiger partial charge in [0.15, 0.2) is 11.5 Å². The van der Waals surface area contributed by atoms with Gasteiger partial charge in [-0.2, -0.15) is 0 Å². The lowest BCUT2D eigenvalue weighted by Gasteiger charge is -2.12. The Morgan fingerprint density at radius 2 is 2.10 bits per heavy atom. The number of allylic oxidation sites excluding steroid dienone is 1. The van der Waals surface area contributed by atoms with Crippen molar-refractivity contribution in [3.8, 4) is 11.5 Å². The summed E-state index contributed by atoms with van der Waals surface area (Å²) < 4.78 is 12.5. The number of pyridine rings is 1. The normalized spacial score (nSPS) is 14.2. The molecule has 7 nitrogen and oxygen atoms in total. The number of ether oxygens (including phenoxy) is 2. The number of methoxy groups -OCH3 is 1. The molecule has 29 heavy (non-hydrogen) atoms. The van der Waals surface area contributed by atoms with Gasteiger partial charge in [0, 0.05) is 17.3 Å². The second-order valence-electron chi connectivity index (χ2n) is 6.68. The summed E-state index contributed by atoms with van der Waals surface area (Å²) in [6, 6.07) is 8.68. The molecule has 2 aromatic heterocycles. The zero-order chi connectivity index (χ0) is 20.5. The van der Waals surface area contributed by atoms with Crippen LogP contribution in [0.5, 0.6) is 11.5 Å². The standard InChI is InChI=1S/C22H20N2O5/c1-3-29-17-6-4-5-14(20(17)28-2)11-13-7-9-16-19(13)23-18-10-8-15(22(26)27)12-24(18)21(16)25/h4-6,8,10-12H,3,7,9H2,1-2H3,(H,26,27)/b13-11+. The van der Waals surface area contributed by atoms with Gasteiger partial charge in [0.05, 0.1) is 25.0 Å². The lowest BCUT2D eigenvalue weighted by molar-refractivity contribution is 0.0696. The molecule has 1 N–H and O–H groups in total. The van der Waals surface area contributed by atoms with E-state index >= 15 is 0 Å². The number of aromatic nitrogens is 2. The summed E-state index contributed by atoms with van der Waals surface area (Å²) in [5.74, 6) is 0.218. The highest BCUT2D eigenvalue weighted by molar-refractivity contribution is 5.88. The average molecular weight is 392 g/mol. The van der Waals surface area contributed by atoms with Crippen LogP contribution in [-0.4, -0.2) is 34.2 Å². The number of nitrogens with zero attached hydrogens (tertiary/aromatic N) is 2. The minimum absolute atomic E-state index is 0.0487. The molecule has 1 aromatic carbocycles. The number of para-hydroxylation sites is 1. The molecule has 0 amide bonds. The quantitative estimate of drug-likeness (QED) is 0.717. The summed E-state index contributed by atoms with van der Waals surface area (Å²) in [7, 11) is 1.60. The molecule has 1 aliphatic rings. The Balaban J connectivity index is 1.85. The van der Waals surface area contributed by atoms with Crippen LogP contribution in [0.2, 0.25) is 0 Å². The maximum absolute atomic E-state index is 12.9. The molecule has 0 saturated heterocycles. The topological polar surface area (TPSA) is 90.1 Å². The first-order valence-electron chi connectivity index (χ1n) is 9.32. The largest absolute Gasteiger partial charge is 0.492 e. The van der Waals surface area contributed by atoms with E-state index in [0.717, 1.165) is 11.1 Å². The molecule has 4 rings (SSSR count). The van der Waals surface area contributed by atoms with Gasteiger partial charge in [0.2, 0.25) is 0 Å². The van der Waals surface area contributed by atoms with Gasteiger partial charge in [-0.3, -0.25) is 9.20 Å². The lowest BCUT2D eigenvalue weighted by atomic mass is 10.1. The molecule has 148 valence electrons. The number of benzene rings is 1. The molecule has 0 radical (unpaired) electrons. The number of hydrogen-bond acceptors (Lipinski definition) is 5. The van der Waals surface area contributed by atoms with Crippen molar-refractivity contribution in [2.45, 2.75) is 19.8 Å². The molecule has 0 saturated carbocycles. The van der Waals surface area contributed by atoms with Crippen molar-refractivity contribution in [2.75, 3.05) is 13.7 Å². The number of carboxylic acid groups (broad SMARTS) is 1. The third-order valence-corrected chi connectivity index (χ3v) is 4.95. The van der Waals surface area contributed by atoms with E-state index in [1.54, 1.807) is 13.2 Å². The summed E-state index contributed by atoms with van der Waals surface area (Å²) >= 11 is 0. The second-order valence-corrected chi connectivity index (χ2v) is 6.68. The first kappa shape index (κ1) is 18.7. The fourth-order valence-electron chi connectivity index (χ4n) is 3.63. The van der Waals surface area contributed by atoms with Crippen molar-refractivity contribution in [3.63, 3.8) is 0 Å². The average Bonchev–Trinajstić information content (AvgIpc) is 3.11. The van der Waals surface area contributed by atoms with Crippen molar-refractivity contribution in [1.82, 2.24) is 9.38 Å². The first-order chi connectivity index (χ1) is 14.0. The highest BCUT2D eigenvalue weighted by Gasteiger charge is 2.24. The van der Waals surface area contributed by atoms with Gasteiger partial charge in [0.25, 0.3) is 5.56 Å². The molecule has 0 spiro atoms. The molecule has 7 heteroatoms. The van der Waals surface area contributed by atoms with Gasteiger partial charge >= 0.3 is 5.97 Å². The molecule has 0 aliphatic heterocycles. The number of rotatable bonds is 5. The van der Waals surface area contributed by atoms with Crippen LogP contribution in [0.25, 0.3) is 17.3 Å². The van der Waals surface area contributed by atoms with Crippen LogP contribution in [0.15, 0.2) is 41.3 Å². The van der Waals surface area contributed by atoms with Gasteiger partial charge < -0.3 is 14.6 Å². The minimum Gasteiger partial charge on any atom is -0.492 e. The number of aromatic carboxylic acids is 1. The van der Waals surface area contributed by atoms with E-state index in [-0.39, 0.29) is 11.1 Å². The Bertz CT molecular complexity index is 1210. The summed E-state index contributed by atoms with van der Waals surface area (Å²) in [6.45, 7) is 2.44. The number of carboxylic acids is 1. The molecule has 1 aliphatic carbocycles. The van der Waals surface area contributed by atoms with Crippen LogP contribution in [0, 0.1) is 0 Å². The molecule has 0 atom stereocenters. The van der Waals surface area contributed by atoms with Crippen molar-refractivity contribution < 1.29 is 19.4 Å². The van der Waals surface area contributed by atoms with E-state index in [2.05, 4.69) is 4.98 Å². The number of fused-ring (bicyclic) bond motifs is 2. The van der Waals surface area contributed by atoms with Gasteiger partial charge in [0.1, 0.15) is 5.65 Å². The minimum atomic E-state index is -1.08. The van der Waals surface area contributed by atoms with Gasteiger partial charge in [-0.1, -0.05) is 12.1 Å². The van der Waals surface area contributed by atoms with E-state index in [1.807, 2.05) is 31.2 Å². The van der Waals surface area contributed by atoms with Crippen molar-refractivity contribution >= 4 is 23.3 Å². The Hall–Kier alpha value is -3.61. The molecule has 3 aromatic rings. The van der Waals surface area contributed by atoms with Crippen LogP contribution < -0.4 is 15.0 Å². The van der Waals surface area contributed by atoms with E-state index in [4.69, 9.17) is 9.47 Å². The Morgan fingerprint density at radius 3 is 2.83 bits per heavy atom. The summed E-state index contributed by atoms with van der Waals surface area (Å²) in [5.41, 5.74) is 3.28. The van der Waals surface area contributed by atoms with E-state index in [1.165, 1.54) is 16.7 Å². The second kappa shape index (κ2) is 7.43. The van der Waals surface area contributed by atoms with Gasteiger partial charge in [-0.25, -0.2) is 9.78 Å². The number of hydrogen-bond donors (Lipinski definition) is 1. The smallest absolute Gasteiger partial charge is 0.337 e. The summed E-state index contributed by atoms with van der Waals surface area (Å²) in [4.78, 5) is 28.8. The molecule has 0 bridgehead atoms. The van der Waals surface area contributed by atoms with Crippen LogP contribution in [0.4, 0.5) is 0 Å². The van der Waals surface area contributed by atoms with E-state index in [0.29, 0.717) is 47.9 Å². The van der Waals surface area contributed by atoms with Gasteiger partial charge in [-0.05, 0) is 49.6 Å². The fraction of sp³-hybridized carbons (Fsp3) is 0.227. The maximum atomic E-state index is 12.9. The van der Waals surface area contributed by atoms with Crippen LogP contribution in [0.1, 0.15) is 40.5 Å². The maximum Gasteiger partial charge on any atom is 0.337 e. The van der Waals surface area contributed by atoms with E-state index < -0.39 is 5.97 Å². The highest BCUT2D eigenvalue weighted by atomic mass is 16.5. The van der Waals surface area contributed by atoms with E-state index in [9.17, 15) is 14.7 Å². The fourth-order valence-corrected chi connectivity index (χ4v) is 3.63. The monoisotopic (exact) mass is 392 g/mol. The highest BCUT2D eigenvalue weighted by Crippen LogP contribution is 2.36. The third kappa shape index (κ3) is 3.24. The third-order valence-electron chi connectivity index (χ3n) is 4.95. The zero-order valence-corrected chi connectivity index (χ0v) is 16.1. The van der Waals surface area contributed by atoms with Crippen LogP contribution in [0.3, 0.4) is 0 Å². The lowest BCUT2D eigenvalue weighted by Crippen LogP contribution is -2.20. The zero-order valence-electron chi connectivity index (χ0n) is 16.1. The van der Waals surface area contributed by atoms with Crippen molar-refractivity contribution in [2.24, 2.45) is 0 Å². The van der Waals surface area contributed by atoms with Crippen LogP contribution in [-0.2, 0) is 6.42 Å². The SMILES string of the molecule is CCOc1cccc(/C=C2\CCc3c2nc2ccc(C(=O)O)cn2c3=O)c1OC. The Labute approximate surface area is 166 Å². The Kier molecular flexibility index (Phi) is 4.80. The summed E-state index contributed by atoms with van der Waals surface area (Å²) in [5, 5.41) is 9.18. The molecular formula is C22H20N2O5. The first-order valence-corrected chi connectivity index (χ1v) is 9.32. The van der Waals surface area contributed by atoms with Gasteiger partial charge in [-0.15, -0.1) is 0 Å². The number of carbonyl (C=O) groups is 1. The predicted molar refractivity (Wildman–Crippen MR) is 109 cm³/mol. The van der Waals surface area contributed by atoms with Crippen molar-refractivity contribution in [1.29, 1.82) is 0 Å². The summed E-state index contributed by atoms with van der Waals surface area (Å²) in [6.07, 6.45) is 4.52. The van der Waals surface area contributed by atoms with Crippen molar-refractivity contribution in [3.05, 3.63) is 69.3 Å². The van der Waals surface area contributed by atoms with Crippen LogP contribution >= 0.6 is 0 Å². The molecule has 2 heterocycles. The molecular weight excluding hydrogens is 372 g/mol.